The minimum Gasteiger partial charge on any atom is -0.423 e. The minimum atomic E-state index is -0.923. The fourth-order valence-electron chi connectivity index (χ4n) is 3.71. The Labute approximate surface area is 201 Å². The van der Waals surface area contributed by atoms with Crippen LogP contribution in [-0.4, -0.2) is 23.9 Å². The summed E-state index contributed by atoms with van der Waals surface area (Å²) in [5.41, 5.74) is 0.767. The van der Waals surface area contributed by atoms with Crippen LogP contribution in [0.15, 0.2) is 24.3 Å². The molecule has 0 spiro atoms. The average molecular weight is 492 g/mol. The van der Waals surface area contributed by atoms with Crippen LogP contribution >= 0.6 is 0 Å². The quantitative estimate of drug-likeness (QED) is 0.376. The molecule has 2 rings (SSSR count). The van der Waals surface area contributed by atoms with Gasteiger partial charge in [-0.2, -0.15) is 0 Å². The molecular weight excluding hydrogens is 466 g/mol. The average Bonchev–Trinajstić information content (AvgIpc) is 2.72. The first kappa shape index (κ1) is 27.4. The van der Waals surface area contributed by atoms with E-state index in [9.17, 15) is 28.0 Å². The highest BCUT2D eigenvalue weighted by Crippen LogP contribution is 2.43. The van der Waals surface area contributed by atoms with Gasteiger partial charge in [0.25, 0.3) is 0 Å². The summed E-state index contributed by atoms with van der Waals surface area (Å²) in [6, 6.07) is 5.03. The Morgan fingerprint density at radius 2 is 1.06 bits per heavy atom. The third-order valence-electron chi connectivity index (χ3n) is 5.06. The van der Waals surface area contributed by atoms with Crippen LogP contribution < -0.4 is 18.9 Å². The lowest BCUT2D eigenvalue weighted by Crippen LogP contribution is -2.13. The molecule has 0 aromatic heterocycles. The van der Waals surface area contributed by atoms with Crippen LogP contribution in [0.1, 0.15) is 70.9 Å². The molecule has 0 aliphatic rings. The molecule has 0 N–H and O–H groups in total. The number of carbonyl (C=O) groups is 4. The van der Waals surface area contributed by atoms with Crippen molar-refractivity contribution in [2.75, 3.05) is 0 Å². The van der Waals surface area contributed by atoms with E-state index in [1.807, 2.05) is 6.92 Å². The maximum absolute atomic E-state index is 14.9. The van der Waals surface area contributed by atoms with Crippen molar-refractivity contribution in [3.8, 4) is 23.0 Å². The van der Waals surface area contributed by atoms with E-state index in [4.69, 9.17) is 18.9 Å². The van der Waals surface area contributed by atoms with Crippen LogP contribution in [-0.2, 0) is 19.2 Å². The molecular formula is C25H26F2O8. The fourth-order valence-corrected chi connectivity index (χ4v) is 3.71. The van der Waals surface area contributed by atoms with E-state index in [-0.39, 0.29) is 11.5 Å². The van der Waals surface area contributed by atoms with E-state index in [1.54, 1.807) is 6.92 Å². The first-order valence-corrected chi connectivity index (χ1v) is 10.7. The van der Waals surface area contributed by atoms with E-state index in [2.05, 4.69) is 0 Å². The van der Waals surface area contributed by atoms with Gasteiger partial charge in [0.2, 0.25) is 11.5 Å². The summed E-state index contributed by atoms with van der Waals surface area (Å²) < 4.78 is 49.6. The van der Waals surface area contributed by atoms with Crippen LogP contribution in [0.4, 0.5) is 8.78 Å². The van der Waals surface area contributed by atoms with E-state index in [1.165, 1.54) is 12.1 Å². The van der Waals surface area contributed by atoms with Gasteiger partial charge in [-0.15, -0.1) is 0 Å². The molecule has 35 heavy (non-hydrogen) atoms. The van der Waals surface area contributed by atoms with Crippen LogP contribution in [0.25, 0.3) is 0 Å². The highest BCUT2D eigenvalue weighted by molar-refractivity contribution is 5.75. The minimum absolute atomic E-state index is 0.273. The second kappa shape index (κ2) is 11.5. The standard InChI is InChI=1S/C25H26F2O8/c1-7-19(18-9-21(27)25(35-16(6)31)23(11-18)33-14(4)29)12(2)17-8-20(26)24(34-15(5)30)22(10-17)32-13(3)28/h8-12,19H,7H2,1-6H3/t12-,19-/m1/s1. The molecule has 0 amide bonds. The zero-order chi connectivity index (χ0) is 26.4. The number of hydrogen-bond donors (Lipinski definition) is 0. The van der Waals surface area contributed by atoms with Crippen molar-refractivity contribution in [1.82, 2.24) is 0 Å². The molecule has 0 radical (unpaired) electrons. The Morgan fingerprint density at radius 1 is 0.686 bits per heavy atom. The van der Waals surface area contributed by atoms with Gasteiger partial charge in [0, 0.05) is 27.7 Å². The molecule has 2 aromatic rings. The third kappa shape index (κ3) is 7.08. The van der Waals surface area contributed by atoms with Gasteiger partial charge in [-0.05, 0) is 53.6 Å². The van der Waals surface area contributed by atoms with Gasteiger partial charge < -0.3 is 18.9 Å². The van der Waals surface area contributed by atoms with Crippen molar-refractivity contribution in [3.63, 3.8) is 0 Å². The molecule has 0 saturated heterocycles. The molecule has 0 aliphatic carbocycles. The number of carbonyl (C=O) groups excluding carboxylic acids is 4. The van der Waals surface area contributed by atoms with Gasteiger partial charge in [0.15, 0.2) is 23.1 Å². The van der Waals surface area contributed by atoms with Crippen molar-refractivity contribution in [2.24, 2.45) is 0 Å². The first-order chi connectivity index (χ1) is 16.3. The molecule has 2 aromatic carbocycles. The van der Waals surface area contributed by atoms with E-state index in [0.29, 0.717) is 17.5 Å². The Kier molecular flexibility index (Phi) is 9.05. The number of ether oxygens (including phenoxy) is 4. The molecule has 188 valence electrons. The Hall–Kier alpha value is -3.82. The summed E-state index contributed by atoms with van der Waals surface area (Å²) in [5.74, 6) is -7.44. The summed E-state index contributed by atoms with van der Waals surface area (Å²) in [4.78, 5) is 45.8. The molecule has 0 saturated carbocycles. The monoisotopic (exact) mass is 492 g/mol. The number of halogens is 2. The highest BCUT2D eigenvalue weighted by atomic mass is 19.1. The molecule has 10 heteroatoms. The summed E-state index contributed by atoms with van der Waals surface area (Å²) in [7, 11) is 0. The van der Waals surface area contributed by atoms with Gasteiger partial charge in [-0.1, -0.05) is 13.8 Å². The fraction of sp³-hybridized carbons (Fsp3) is 0.360. The molecule has 0 unspecified atom stereocenters. The molecule has 2 atom stereocenters. The maximum Gasteiger partial charge on any atom is 0.308 e. The lowest BCUT2D eigenvalue weighted by atomic mass is 9.80. The van der Waals surface area contributed by atoms with E-state index in [0.717, 1.165) is 39.8 Å². The topological polar surface area (TPSA) is 105 Å². The zero-order valence-corrected chi connectivity index (χ0v) is 20.2. The zero-order valence-electron chi connectivity index (χ0n) is 20.2. The number of benzene rings is 2. The lowest BCUT2D eigenvalue weighted by molar-refractivity contribution is -0.134. The van der Waals surface area contributed by atoms with Gasteiger partial charge in [0.05, 0.1) is 0 Å². The Morgan fingerprint density at radius 3 is 1.43 bits per heavy atom. The van der Waals surface area contributed by atoms with Crippen LogP contribution in [0.5, 0.6) is 23.0 Å². The van der Waals surface area contributed by atoms with Gasteiger partial charge in [-0.3, -0.25) is 19.2 Å². The van der Waals surface area contributed by atoms with Crippen LogP contribution in [0.2, 0.25) is 0 Å². The van der Waals surface area contributed by atoms with Crippen molar-refractivity contribution in [1.29, 1.82) is 0 Å². The van der Waals surface area contributed by atoms with Crippen molar-refractivity contribution in [2.45, 2.75) is 59.8 Å². The second-order valence-corrected chi connectivity index (χ2v) is 7.84. The maximum atomic E-state index is 14.9. The number of hydrogen-bond acceptors (Lipinski definition) is 8. The van der Waals surface area contributed by atoms with Crippen LogP contribution in [0, 0.1) is 11.6 Å². The summed E-state index contributed by atoms with van der Waals surface area (Å²) in [5, 5.41) is 0. The van der Waals surface area contributed by atoms with Crippen molar-refractivity contribution < 1.29 is 46.9 Å². The summed E-state index contributed by atoms with van der Waals surface area (Å²) in [6.45, 7) is 7.96. The van der Waals surface area contributed by atoms with E-state index < -0.39 is 58.8 Å². The van der Waals surface area contributed by atoms with Gasteiger partial charge in [-0.25, -0.2) is 8.78 Å². The van der Waals surface area contributed by atoms with E-state index >= 15 is 0 Å². The smallest absolute Gasteiger partial charge is 0.308 e. The van der Waals surface area contributed by atoms with Gasteiger partial charge >= 0.3 is 23.9 Å². The summed E-state index contributed by atoms with van der Waals surface area (Å²) in [6.07, 6.45) is 0.448. The number of rotatable bonds is 8. The highest BCUT2D eigenvalue weighted by Gasteiger charge is 2.27. The Bertz CT molecular complexity index is 1160. The molecule has 0 heterocycles. The molecule has 0 fully saturated rings. The predicted molar refractivity (Wildman–Crippen MR) is 119 cm³/mol. The van der Waals surface area contributed by atoms with Crippen molar-refractivity contribution >= 4 is 23.9 Å². The lowest BCUT2D eigenvalue weighted by Gasteiger charge is -2.25. The largest absolute Gasteiger partial charge is 0.423 e. The first-order valence-electron chi connectivity index (χ1n) is 10.7. The van der Waals surface area contributed by atoms with Crippen LogP contribution in [0.3, 0.4) is 0 Å². The third-order valence-corrected chi connectivity index (χ3v) is 5.06. The van der Waals surface area contributed by atoms with Crippen molar-refractivity contribution in [3.05, 3.63) is 47.0 Å². The summed E-state index contributed by atoms with van der Waals surface area (Å²) >= 11 is 0. The molecule has 0 bridgehead atoms. The second-order valence-electron chi connectivity index (χ2n) is 7.84. The molecule has 8 nitrogen and oxygen atoms in total. The SMILES string of the molecule is CC[C@@H](c1cc(F)c(OC(C)=O)c(OC(C)=O)c1)[C@H](C)c1cc(F)c(OC(C)=O)c(OC(C)=O)c1. The molecule has 0 aliphatic heterocycles. The van der Waals surface area contributed by atoms with Gasteiger partial charge in [0.1, 0.15) is 0 Å². The normalized spacial score (nSPS) is 12.3. The predicted octanol–water partition coefficient (Wildman–Crippen LogP) is 4.96. The Balaban J connectivity index is 2.58. The number of esters is 4.